The van der Waals surface area contributed by atoms with Gasteiger partial charge in [-0.05, 0) is 36.8 Å². The Labute approximate surface area is 160 Å². The highest BCUT2D eigenvalue weighted by Crippen LogP contribution is 2.35. The summed E-state index contributed by atoms with van der Waals surface area (Å²) in [5.41, 5.74) is 8.63. The molecule has 4 aromatic rings. The molecule has 136 valence electrons. The molecule has 0 spiro atoms. The van der Waals surface area contributed by atoms with Gasteiger partial charge in [0.25, 0.3) is 5.91 Å². The van der Waals surface area contributed by atoms with E-state index in [4.69, 9.17) is 10.5 Å². The molecule has 0 bridgehead atoms. The van der Waals surface area contributed by atoms with E-state index in [0.29, 0.717) is 23.7 Å². The number of hydrogen-bond acceptors (Lipinski definition) is 5. The van der Waals surface area contributed by atoms with Gasteiger partial charge in [0, 0.05) is 17.3 Å². The molecule has 2 heterocycles. The zero-order valence-corrected chi connectivity index (χ0v) is 15.7. The van der Waals surface area contributed by atoms with Gasteiger partial charge in [-0.2, -0.15) is 0 Å². The fourth-order valence-electron chi connectivity index (χ4n) is 2.97. The van der Waals surface area contributed by atoms with Crippen LogP contribution < -0.4 is 15.8 Å². The maximum atomic E-state index is 12.6. The number of ether oxygens (including phenoxy) is 1. The molecule has 2 aromatic carbocycles. The number of anilines is 1. The highest BCUT2D eigenvalue weighted by atomic mass is 32.1. The predicted molar refractivity (Wildman–Crippen MR) is 110 cm³/mol. The van der Waals surface area contributed by atoms with Crippen LogP contribution in [-0.2, 0) is 6.54 Å². The van der Waals surface area contributed by atoms with E-state index >= 15 is 0 Å². The number of nitrogen functional groups attached to an aromatic ring is 1. The average Bonchev–Trinajstić information content (AvgIpc) is 3.01. The Kier molecular flexibility index (Phi) is 4.64. The topological polar surface area (TPSA) is 77.2 Å². The lowest BCUT2D eigenvalue weighted by Gasteiger charge is -2.05. The molecule has 6 heteroatoms. The highest BCUT2D eigenvalue weighted by molar-refractivity contribution is 7.21. The molecule has 0 saturated heterocycles. The largest absolute Gasteiger partial charge is 0.494 e. The number of aromatic nitrogens is 1. The number of fused-ring (bicyclic) bond motifs is 2. The second-order valence-corrected chi connectivity index (χ2v) is 7.14. The maximum absolute atomic E-state index is 12.6. The van der Waals surface area contributed by atoms with E-state index in [1.54, 1.807) is 0 Å². The van der Waals surface area contributed by atoms with Gasteiger partial charge < -0.3 is 15.8 Å². The molecular formula is C21H19N3O2S. The van der Waals surface area contributed by atoms with Crippen molar-refractivity contribution in [2.45, 2.75) is 13.5 Å². The minimum atomic E-state index is -0.182. The molecule has 0 aliphatic heterocycles. The molecule has 0 aliphatic carbocycles. The summed E-state index contributed by atoms with van der Waals surface area (Å²) in [6, 6.07) is 17.5. The summed E-state index contributed by atoms with van der Waals surface area (Å²) in [7, 11) is 0. The lowest BCUT2D eigenvalue weighted by molar-refractivity contribution is 0.0956. The minimum absolute atomic E-state index is 0.182. The molecule has 0 aliphatic rings. The number of nitrogens with one attached hydrogen (secondary N) is 1. The van der Waals surface area contributed by atoms with Crippen molar-refractivity contribution in [1.29, 1.82) is 0 Å². The highest BCUT2D eigenvalue weighted by Gasteiger charge is 2.18. The molecule has 0 fully saturated rings. The first-order chi connectivity index (χ1) is 13.2. The van der Waals surface area contributed by atoms with Crippen molar-refractivity contribution in [3.05, 3.63) is 65.0 Å². The van der Waals surface area contributed by atoms with Crippen molar-refractivity contribution in [2.75, 3.05) is 12.3 Å². The number of carbonyl (C=O) groups excluding carboxylic acids is 1. The number of carbonyl (C=O) groups is 1. The Balaban J connectivity index is 1.66. The smallest absolute Gasteiger partial charge is 0.263 e. The van der Waals surface area contributed by atoms with Crippen LogP contribution in [0.3, 0.4) is 0 Å². The number of pyridine rings is 1. The second kappa shape index (κ2) is 7.25. The monoisotopic (exact) mass is 377 g/mol. The van der Waals surface area contributed by atoms with Crippen LogP contribution in [0, 0.1) is 0 Å². The van der Waals surface area contributed by atoms with Crippen molar-refractivity contribution >= 4 is 44.1 Å². The van der Waals surface area contributed by atoms with Crippen molar-refractivity contribution < 1.29 is 9.53 Å². The summed E-state index contributed by atoms with van der Waals surface area (Å²) in [4.78, 5) is 18.5. The fourth-order valence-corrected chi connectivity index (χ4v) is 3.97. The van der Waals surface area contributed by atoms with E-state index in [9.17, 15) is 4.79 Å². The summed E-state index contributed by atoms with van der Waals surface area (Å²) in [5, 5.41) is 4.66. The van der Waals surface area contributed by atoms with Gasteiger partial charge in [0.1, 0.15) is 15.5 Å². The first-order valence-corrected chi connectivity index (χ1v) is 9.55. The second-order valence-electron chi connectivity index (χ2n) is 6.14. The fraction of sp³-hybridized carbons (Fsp3) is 0.143. The molecule has 0 saturated carbocycles. The third-order valence-electron chi connectivity index (χ3n) is 4.30. The number of thiophene rings is 1. The van der Waals surface area contributed by atoms with Gasteiger partial charge in [0.05, 0.1) is 17.8 Å². The standard InChI is InChI=1S/C21H19N3O2S/c1-2-26-15-8-9-17-14(10-15)11-16-18(22)19(27-21(16)24-17)20(25)23-12-13-6-4-3-5-7-13/h3-11H,2,12,22H2,1H3,(H,23,25). The van der Waals surface area contributed by atoms with Gasteiger partial charge >= 0.3 is 0 Å². The van der Waals surface area contributed by atoms with Gasteiger partial charge in [-0.1, -0.05) is 30.3 Å². The van der Waals surface area contributed by atoms with E-state index in [0.717, 1.165) is 32.4 Å². The van der Waals surface area contributed by atoms with Crippen LogP contribution in [0.4, 0.5) is 5.69 Å². The van der Waals surface area contributed by atoms with Crippen LogP contribution in [0.1, 0.15) is 22.2 Å². The van der Waals surface area contributed by atoms with E-state index in [2.05, 4.69) is 10.3 Å². The first kappa shape index (κ1) is 17.3. The Bertz CT molecular complexity index is 1120. The Morgan fingerprint density at radius 1 is 1.19 bits per heavy atom. The maximum Gasteiger partial charge on any atom is 0.263 e. The lowest BCUT2D eigenvalue weighted by atomic mass is 10.1. The van der Waals surface area contributed by atoms with Gasteiger partial charge in [0.15, 0.2) is 0 Å². The molecule has 3 N–H and O–H groups in total. The number of rotatable bonds is 5. The van der Waals surface area contributed by atoms with Crippen molar-refractivity contribution in [1.82, 2.24) is 10.3 Å². The third-order valence-corrected chi connectivity index (χ3v) is 5.41. The van der Waals surface area contributed by atoms with E-state index in [1.165, 1.54) is 11.3 Å². The molecule has 1 amide bonds. The summed E-state index contributed by atoms with van der Waals surface area (Å²) in [6.45, 7) is 3.01. The molecule has 0 radical (unpaired) electrons. The molecule has 2 aromatic heterocycles. The SMILES string of the molecule is CCOc1ccc2nc3sc(C(=O)NCc4ccccc4)c(N)c3cc2c1. The van der Waals surface area contributed by atoms with Gasteiger partial charge in [-0.15, -0.1) is 11.3 Å². The summed E-state index contributed by atoms with van der Waals surface area (Å²) in [5.74, 6) is 0.610. The summed E-state index contributed by atoms with van der Waals surface area (Å²) in [6.07, 6.45) is 0. The Morgan fingerprint density at radius 2 is 2.00 bits per heavy atom. The number of nitrogens with zero attached hydrogens (tertiary/aromatic N) is 1. The quantitative estimate of drug-likeness (QED) is 0.542. The zero-order chi connectivity index (χ0) is 18.8. The van der Waals surface area contributed by atoms with Gasteiger partial charge in [-0.3, -0.25) is 4.79 Å². The normalized spacial score (nSPS) is 11.0. The zero-order valence-electron chi connectivity index (χ0n) is 14.9. The van der Waals surface area contributed by atoms with Crippen LogP contribution in [0.5, 0.6) is 5.75 Å². The first-order valence-electron chi connectivity index (χ1n) is 8.73. The molecular weight excluding hydrogens is 358 g/mol. The number of nitrogens with two attached hydrogens (primary N) is 1. The predicted octanol–water partition coefficient (Wildman–Crippen LogP) is 4.36. The third kappa shape index (κ3) is 3.44. The average molecular weight is 377 g/mol. The number of amides is 1. The molecule has 4 rings (SSSR count). The van der Waals surface area contributed by atoms with Crippen LogP contribution in [0.2, 0.25) is 0 Å². The lowest BCUT2D eigenvalue weighted by Crippen LogP contribution is -2.22. The number of benzene rings is 2. The minimum Gasteiger partial charge on any atom is -0.494 e. The van der Waals surface area contributed by atoms with E-state index in [1.807, 2.05) is 61.5 Å². The molecule has 27 heavy (non-hydrogen) atoms. The summed E-state index contributed by atoms with van der Waals surface area (Å²) < 4.78 is 5.55. The van der Waals surface area contributed by atoms with E-state index in [-0.39, 0.29) is 5.91 Å². The van der Waals surface area contributed by atoms with Crippen molar-refractivity contribution in [3.63, 3.8) is 0 Å². The van der Waals surface area contributed by atoms with Gasteiger partial charge in [0.2, 0.25) is 0 Å². The molecule has 5 nitrogen and oxygen atoms in total. The molecule has 0 unspecified atom stereocenters. The number of hydrogen-bond donors (Lipinski definition) is 2. The van der Waals surface area contributed by atoms with Crippen LogP contribution >= 0.6 is 11.3 Å². The van der Waals surface area contributed by atoms with Crippen molar-refractivity contribution in [3.8, 4) is 5.75 Å². The Morgan fingerprint density at radius 3 is 2.78 bits per heavy atom. The van der Waals surface area contributed by atoms with Crippen LogP contribution in [0.15, 0.2) is 54.6 Å². The molecule has 0 atom stereocenters. The van der Waals surface area contributed by atoms with Crippen LogP contribution in [-0.4, -0.2) is 17.5 Å². The van der Waals surface area contributed by atoms with Gasteiger partial charge in [-0.25, -0.2) is 4.98 Å². The van der Waals surface area contributed by atoms with Crippen molar-refractivity contribution in [2.24, 2.45) is 0 Å². The van der Waals surface area contributed by atoms with Crippen LogP contribution in [0.25, 0.3) is 21.1 Å². The Hall–Kier alpha value is -3.12. The van der Waals surface area contributed by atoms with E-state index < -0.39 is 0 Å². The summed E-state index contributed by atoms with van der Waals surface area (Å²) >= 11 is 1.32.